The van der Waals surface area contributed by atoms with E-state index in [1.807, 2.05) is 0 Å². The molecular weight excluding hydrogens is 439 g/mol. The van der Waals surface area contributed by atoms with Crippen LogP contribution in [-0.2, 0) is 9.47 Å². The van der Waals surface area contributed by atoms with E-state index in [1.54, 1.807) is 57.4 Å². The lowest BCUT2D eigenvalue weighted by Crippen LogP contribution is -2.42. The minimum atomic E-state index is -1.79. The Morgan fingerprint density at radius 1 is 0.759 bits per heavy atom. The number of benzene rings is 1. The van der Waals surface area contributed by atoms with Gasteiger partial charge < -0.3 is 9.47 Å². The second kappa shape index (κ2) is 7.11. The van der Waals surface area contributed by atoms with E-state index in [9.17, 15) is 9.59 Å². The van der Waals surface area contributed by atoms with Gasteiger partial charge in [0.25, 0.3) is 0 Å². The van der Waals surface area contributed by atoms with Crippen molar-refractivity contribution in [2.45, 2.75) is 49.6 Å². The molecule has 3 aromatic rings. The molecule has 3 rings (SSSR count). The zero-order chi connectivity index (χ0) is 21.8. The lowest BCUT2D eigenvalue weighted by atomic mass is 10.1. The van der Waals surface area contributed by atoms with Crippen LogP contribution in [0.15, 0.2) is 36.7 Å². The molecule has 0 amide bonds. The zero-order valence-electron chi connectivity index (χ0n) is 16.6. The number of halogens is 3. The van der Waals surface area contributed by atoms with Crippen LogP contribution in [0, 0.1) is 0 Å². The Kier molecular flexibility index (Phi) is 5.35. The van der Waals surface area contributed by atoms with E-state index in [0.29, 0.717) is 11.0 Å². The van der Waals surface area contributed by atoms with Crippen LogP contribution in [-0.4, -0.2) is 36.3 Å². The largest absolute Gasteiger partial charge is 0.443 e. The van der Waals surface area contributed by atoms with Crippen LogP contribution in [0.4, 0.5) is 9.59 Å². The SMILES string of the molecule is CC(C)(C)OC(=O)n1ccc2c3ccn(C(=O)OC(C)(C)C(Cl)(Cl)Cl)c3ccc21. The van der Waals surface area contributed by atoms with Crippen LogP contribution in [0.25, 0.3) is 21.8 Å². The number of aromatic nitrogens is 2. The molecule has 2 heterocycles. The molecule has 0 unspecified atom stereocenters. The van der Waals surface area contributed by atoms with Gasteiger partial charge in [-0.15, -0.1) is 0 Å². The van der Waals surface area contributed by atoms with Crippen molar-refractivity contribution in [1.29, 1.82) is 0 Å². The van der Waals surface area contributed by atoms with Gasteiger partial charge in [-0.1, -0.05) is 34.8 Å². The number of ether oxygens (including phenoxy) is 2. The Labute approximate surface area is 183 Å². The third-order valence-electron chi connectivity index (χ3n) is 4.35. The van der Waals surface area contributed by atoms with Crippen LogP contribution < -0.4 is 0 Å². The van der Waals surface area contributed by atoms with Gasteiger partial charge in [-0.05, 0) is 58.9 Å². The molecule has 29 heavy (non-hydrogen) atoms. The zero-order valence-corrected chi connectivity index (χ0v) is 18.9. The normalized spacial score (nSPS) is 13.1. The predicted molar refractivity (Wildman–Crippen MR) is 115 cm³/mol. The van der Waals surface area contributed by atoms with E-state index in [4.69, 9.17) is 44.3 Å². The molecule has 0 aliphatic heterocycles. The highest BCUT2D eigenvalue weighted by Gasteiger charge is 2.44. The van der Waals surface area contributed by atoms with Gasteiger partial charge in [-0.3, -0.25) is 9.13 Å². The monoisotopic (exact) mass is 458 g/mol. The van der Waals surface area contributed by atoms with E-state index >= 15 is 0 Å². The summed E-state index contributed by atoms with van der Waals surface area (Å²) in [5.74, 6) is 0. The van der Waals surface area contributed by atoms with Crippen molar-refractivity contribution in [1.82, 2.24) is 9.13 Å². The highest BCUT2D eigenvalue weighted by Crippen LogP contribution is 2.40. The van der Waals surface area contributed by atoms with E-state index in [0.717, 1.165) is 10.8 Å². The third-order valence-corrected chi connectivity index (χ3v) is 5.72. The number of carbonyl (C=O) groups is 2. The number of carbonyl (C=O) groups excluding carboxylic acids is 2. The molecule has 0 spiro atoms. The van der Waals surface area contributed by atoms with Crippen LogP contribution in [0.3, 0.4) is 0 Å². The summed E-state index contributed by atoms with van der Waals surface area (Å²) in [5, 5.41) is 1.56. The molecule has 1 aromatic carbocycles. The van der Waals surface area contributed by atoms with Gasteiger partial charge in [0.2, 0.25) is 3.79 Å². The third kappa shape index (κ3) is 4.20. The van der Waals surface area contributed by atoms with Crippen molar-refractivity contribution in [3.05, 3.63) is 36.7 Å². The molecule has 0 radical (unpaired) electrons. The number of nitrogens with zero attached hydrogens (tertiary/aromatic N) is 2. The highest BCUT2D eigenvalue weighted by atomic mass is 35.6. The first-order valence-electron chi connectivity index (χ1n) is 8.86. The van der Waals surface area contributed by atoms with Crippen molar-refractivity contribution >= 4 is 68.8 Å². The summed E-state index contributed by atoms with van der Waals surface area (Å²) in [6.07, 6.45) is 2.06. The van der Waals surface area contributed by atoms with Crippen LogP contribution in [0.5, 0.6) is 0 Å². The molecule has 156 valence electrons. The van der Waals surface area contributed by atoms with Gasteiger partial charge in [0.15, 0.2) is 5.60 Å². The fourth-order valence-electron chi connectivity index (χ4n) is 2.80. The average molecular weight is 460 g/mol. The second-order valence-electron chi connectivity index (χ2n) is 8.16. The summed E-state index contributed by atoms with van der Waals surface area (Å²) in [5.41, 5.74) is -0.681. The first-order valence-corrected chi connectivity index (χ1v) is 9.99. The van der Waals surface area contributed by atoms with Gasteiger partial charge in [0.1, 0.15) is 5.60 Å². The molecule has 0 saturated carbocycles. The molecule has 0 bridgehead atoms. The van der Waals surface area contributed by atoms with Gasteiger partial charge in [-0.25, -0.2) is 9.59 Å². The Morgan fingerprint density at radius 3 is 1.55 bits per heavy atom. The number of fused-ring (bicyclic) bond motifs is 3. The maximum atomic E-state index is 12.7. The molecule has 2 aromatic heterocycles. The maximum Gasteiger partial charge on any atom is 0.419 e. The second-order valence-corrected chi connectivity index (χ2v) is 10.4. The fraction of sp³-hybridized carbons (Fsp3) is 0.400. The Bertz CT molecular complexity index is 1100. The molecule has 0 saturated heterocycles. The van der Waals surface area contributed by atoms with E-state index in [2.05, 4.69) is 0 Å². The summed E-state index contributed by atoms with van der Waals surface area (Å²) in [4.78, 5) is 25.1. The van der Waals surface area contributed by atoms with Gasteiger partial charge in [-0.2, -0.15) is 0 Å². The minimum absolute atomic E-state index is 0.477. The average Bonchev–Trinajstić information content (AvgIpc) is 3.15. The summed E-state index contributed by atoms with van der Waals surface area (Å²) in [7, 11) is 0. The maximum absolute atomic E-state index is 12.7. The molecule has 0 aliphatic carbocycles. The first kappa shape index (κ1) is 21.8. The van der Waals surface area contributed by atoms with E-state index in [-0.39, 0.29) is 0 Å². The Balaban J connectivity index is 2.00. The number of hydrogen-bond acceptors (Lipinski definition) is 4. The van der Waals surface area contributed by atoms with Gasteiger partial charge in [0, 0.05) is 23.2 Å². The molecule has 6 nitrogen and oxygen atoms in total. The summed E-state index contributed by atoms with van der Waals surface area (Å²) in [6.45, 7) is 8.45. The summed E-state index contributed by atoms with van der Waals surface area (Å²) < 4.78 is 11.8. The van der Waals surface area contributed by atoms with Crippen LogP contribution in [0.1, 0.15) is 34.6 Å². The number of alkyl halides is 3. The number of hydrogen-bond donors (Lipinski definition) is 0. The lowest BCUT2D eigenvalue weighted by molar-refractivity contribution is 0.0432. The van der Waals surface area contributed by atoms with Crippen LogP contribution in [0.2, 0.25) is 0 Å². The van der Waals surface area contributed by atoms with Gasteiger partial charge >= 0.3 is 12.2 Å². The highest BCUT2D eigenvalue weighted by molar-refractivity contribution is 6.68. The Hall–Kier alpha value is -1.89. The summed E-state index contributed by atoms with van der Waals surface area (Å²) >= 11 is 17.7. The smallest absolute Gasteiger partial charge is 0.419 e. The van der Waals surface area contributed by atoms with E-state index in [1.165, 1.54) is 23.0 Å². The molecule has 0 atom stereocenters. The van der Waals surface area contributed by atoms with Crippen molar-refractivity contribution in [3.63, 3.8) is 0 Å². The van der Waals surface area contributed by atoms with Crippen molar-refractivity contribution < 1.29 is 19.1 Å². The van der Waals surface area contributed by atoms with Crippen molar-refractivity contribution in [2.75, 3.05) is 0 Å². The minimum Gasteiger partial charge on any atom is -0.443 e. The molecule has 0 aliphatic rings. The van der Waals surface area contributed by atoms with Crippen molar-refractivity contribution in [3.8, 4) is 0 Å². The van der Waals surface area contributed by atoms with E-state index < -0.39 is 27.2 Å². The van der Waals surface area contributed by atoms with Crippen molar-refractivity contribution in [2.24, 2.45) is 0 Å². The summed E-state index contributed by atoms with van der Waals surface area (Å²) in [6, 6.07) is 7.02. The quantitative estimate of drug-likeness (QED) is 0.389. The molecular formula is C20H21Cl3N2O4. The molecule has 0 N–H and O–H groups in total. The molecule has 9 heteroatoms. The molecule has 0 fully saturated rings. The fourth-order valence-corrected chi connectivity index (χ4v) is 2.91. The predicted octanol–water partition coefficient (Wildman–Crippen LogP) is 6.51. The topological polar surface area (TPSA) is 62.5 Å². The van der Waals surface area contributed by atoms with Crippen LogP contribution >= 0.6 is 34.8 Å². The Morgan fingerprint density at radius 2 is 1.17 bits per heavy atom. The van der Waals surface area contributed by atoms with Gasteiger partial charge in [0.05, 0.1) is 11.0 Å². The lowest BCUT2D eigenvalue weighted by Gasteiger charge is -2.31. The standard InChI is InChI=1S/C20H21Cl3N2O4/c1-18(2,3)28-16(26)24-10-8-12-13-9-11-25(15(13)7-6-14(12)24)17(27)29-19(4,5)20(21,22)23/h6-11H,1-5H3. The first-order chi connectivity index (χ1) is 13.2. The number of rotatable bonds is 1.